The predicted octanol–water partition coefficient (Wildman–Crippen LogP) is 0.457. The second-order valence-corrected chi connectivity index (χ2v) is 3.58. The largest absolute Gasteiger partial charge is 0.463 e. The molecule has 2 rings (SSSR count). The van der Waals surface area contributed by atoms with Crippen molar-refractivity contribution in [2.75, 3.05) is 19.8 Å². The summed E-state index contributed by atoms with van der Waals surface area (Å²) in [5, 5.41) is 3.84. The molecule has 0 N–H and O–H groups in total. The van der Waals surface area contributed by atoms with Gasteiger partial charge in [-0.1, -0.05) is 5.16 Å². The third kappa shape index (κ3) is 2.70. The van der Waals surface area contributed by atoms with Gasteiger partial charge in [0.15, 0.2) is 6.29 Å². The third-order valence-corrected chi connectivity index (χ3v) is 2.37. The lowest BCUT2D eigenvalue weighted by molar-refractivity contribution is -0.154. The molecule has 0 aliphatic carbocycles. The Balaban J connectivity index is 1.75. The minimum Gasteiger partial charge on any atom is -0.463 e. The van der Waals surface area contributed by atoms with Gasteiger partial charge in [0.25, 0.3) is 0 Å². The monoisotopic (exact) mass is 229 g/mol. The lowest BCUT2D eigenvalue weighted by Crippen LogP contribution is -2.24. The van der Waals surface area contributed by atoms with Gasteiger partial charge in [0.1, 0.15) is 0 Å². The zero-order valence-corrected chi connectivity index (χ0v) is 9.18. The van der Waals surface area contributed by atoms with Crippen LogP contribution in [-0.2, 0) is 23.8 Å². The molecule has 0 aromatic heterocycles. The van der Waals surface area contributed by atoms with E-state index in [1.165, 1.54) is 0 Å². The molecule has 1 saturated heterocycles. The molecule has 2 aliphatic heterocycles. The van der Waals surface area contributed by atoms with Crippen molar-refractivity contribution in [2.45, 2.75) is 32.2 Å². The van der Waals surface area contributed by atoms with Crippen LogP contribution in [-0.4, -0.2) is 43.9 Å². The van der Waals surface area contributed by atoms with Crippen molar-refractivity contribution in [3.05, 3.63) is 0 Å². The SMILES string of the molecule is CCOC(=O)[C@H]1CC(CC2OCCO2)=NO1. The number of carbonyl (C=O) groups excluding carboxylic acids is 1. The average Bonchev–Trinajstić information content (AvgIpc) is 2.90. The summed E-state index contributed by atoms with van der Waals surface area (Å²) in [5.41, 5.74) is 0.782. The summed E-state index contributed by atoms with van der Waals surface area (Å²) < 4.78 is 15.4. The highest BCUT2D eigenvalue weighted by Crippen LogP contribution is 2.18. The standard InChI is InChI=1S/C10H15NO5/c1-2-13-10(12)8-5-7(11-16-8)6-9-14-3-4-15-9/h8-9H,2-6H2,1H3/t8-/m1/s1. The molecule has 0 saturated carbocycles. The summed E-state index contributed by atoms with van der Waals surface area (Å²) in [6.45, 7) is 3.33. The normalized spacial score (nSPS) is 25.3. The van der Waals surface area contributed by atoms with E-state index in [9.17, 15) is 4.79 Å². The van der Waals surface area contributed by atoms with E-state index in [1.807, 2.05) is 0 Å². The second-order valence-electron chi connectivity index (χ2n) is 3.58. The van der Waals surface area contributed by atoms with Crippen LogP contribution < -0.4 is 0 Å². The van der Waals surface area contributed by atoms with Gasteiger partial charge in [0.2, 0.25) is 6.10 Å². The Morgan fingerprint density at radius 2 is 2.25 bits per heavy atom. The predicted molar refractivity (Wildman–Crippen MR) is 53.9 cm³/mol. The topological polar surface area (TPSA) is 66.4 Å². The number of esters is 1. The van der Waals surface area contributed by atoms with Crippen molar-refractivity contribution in [2.24, 2.45) is 5.16 Å². The first-order valence-electron chi connectivity index (χ1n) is 5.41. The zero-order valence-electron chi connectivity index (χ0n) is 9.18. The first-order chi connectivity index (χ1) is 7.79. The minimum absolute atomic E-state index is 0.247. The maximum Gasteiger partial charge on any atom is 0.350 e. The van der Waals surface area contributed by atoms with Gasteiger partial charge < -0.3 is 19.0 Å². The van der Waals surface area contributed by atoms with Crippen LogP contribution in [0.3, 0.4) is 0 Å². The van der Waals surface area contributed by atoms with Crippen LogP contribution in [0.5, 0.6) is 0 Å². The summed E-state index contributed by atoms with van der Waals surface area (Å²) >= 11 is 0. The molecule has 2 aliphatic rings. The fourth-order valence-corrected chi connectivity index (χ4v) is 1.63. The lowest BCUT2D eigenvalue weighted by atomic mass is 10.1. The molecule has 16 heavy (non-hydrogen) atoms. The third-order valence-electron chi connectivity index (χ3n) is 2.37. The molecule has 0 unspecified atom stereocenters. The quantitative estimate of drug-likeness (QED) is 0.655. The number of hydrogen-bond donors (Lipinski definition) is 0. The number of rotatable bonds is 4. The highest BCUT2D eigenvalue weighted by molar-refractivity contribution is 5.91. The van der Waals surface area contributed by atoms with Crippen LogP contribution in [0.2, 0.25) is 0 Å². The van der Waals surface area contributed by atoms with Gasteiger partial charge in [-0.2, -0.15) is 0 Å². The Hall–Kier alpha value is -1.14. The van der Waals surface area contributed by atoms with Crippen LogP contribution in [0.15, 0.2) is 5.16 Å². The molecular formula is C10H15NO5. The van der Waals surface area contributed by atoms with Crippen LogP contribution in [0.25, 0.3) is 0 Å². The molecule has 0 radical (unpaired) electrons. The van der Waals surface area contributed by atoms with E-state index < -0.39 is 6.10 Å². The number of oxime groups is 1. The highest BCUT2D eigenvalue weighted by Gasteiger charge is 2.31. The van der Waals surface area contributed by atoms with Crippen molar-refractivity contribution in [3.63, 3.8) is 0 Å². The van der Waals surface area contributed by atoms with Crippen molar-refractivity contribution in [1.29, 1.82) is 0 Å². The molecule has 0 aromatic carbocycles. The van der Waals surface area contributed by atoms with Crippen molar-refractivity contribution in [1.82, 2.24) is 0 Å². The van der Waals surface area contributed by atoms with E-state index in [2.05, 4.69) is 5.16 Å². The van der Waals surface area contributed by atoms with Crippen LogP contribution in [0, 0.1) is 0 Å². The smallest absolute Gasteiger partial charge is 0.350 e. The van der Waals surface area contributed by atoms with Crippen LogP contribution in [0.4, 0.5) is 0 Å². The average molecular weight is 229 g/mol. The first kappa shape index (κ1) is 11.3. The van der Waals surface area contributed by atoms with Gasteiger partial charge in [0.05, 0.1) is 25.5 Å². The molecule has 6 heteroatoms. The van der Waals surface area contributed by atoms with Gasteiger partial charge in [0, 0.05) is 12.8 Å². The molecule has 1 fully saturated rings. The summed E-state index contributed by atoms with van der Waals surface area (Å²) in [5.74, 6) is -0.366. The number of hydrogen-bond acceptors (Lipinski definition) is 6. The maximum absolute atomic E-state index is 11.3. The zero-order chi connectivity index (χ0) is 11.4. The molecule has 0 aromatic rings. The van der Waals surface area contributed by atoms with Crippen molar-refractivity contribution < 1.29 is 23.8 Å². The highest BCUT2D eigenvalue weighted by atomic mass is 16.7. The van der Waals surface area contributed by atoms with E-state index in [-0.39, 0.29) is 12.3 Å². The van der Waals surface area contributed by atoms with Gasteiger partial charge in [-0.3, -0.25) is 0 Å². The lowest BCUT2D eigenvalue weighted by Gasteiger charge is -2.08. The van der Waals surface area contributed by atoms with Gasteiger partial charge >= 0.3 is 5.97 Å². The van der Waals surface area contributed by atoms with E-state index in [4.69, 9.17) is 19.0 Å². The van der Waals surface area contributed by atoms with E-state index in [1.54, 1.807) is 6.92 Å². The van der Waals surface area contributed by atoms with Crippen molar-refractivity contribution in [3.8, 4) is 0 Å². The Kier molecular flexibility index (Phi) is 3.74. The maximum atomic E-state index is 11.3. The summed E-state index contributed by atoms with van der Waals surface area (Å²) in [7, 11) is 0. The minimum atomic E-state index is -0.601. The van der Waals surface area contributed by atoms with Gasteiger partial charge in [-0.05, 0) is 6.92 Å². The molecule has 0 spiro atoms. The Morgan fingerprint density at radius 3 is 2.94 bits per heavy atom. The second kappa shape index (κ2) is 5.27. The Labute approximate surface area is 93.5 Å². The molecule has 6 nitrogen and oxygen atoms in total. The van der Waals surface area contributed by atoms with Crippen LogP contribution in [0.1, 0.15) is 19.8 Å². The van der Waals surface area contributed by atoms with E-state index >= 15 is 0 Å². The number of ether oxygens (including phenoxy) is 3. The Bertz CT molecular complexity index is 285. The molecule has 2 heterocycles. The molecule has 0 bridgehead atoms. The van der Waals surface area contributed by atoms with E-state index in [0.717, 1.165) is 5.71 Å². The molecule has 1 atom stereocenters. The molecule has 90 valence electrons. The van der Waals surface area contributed by atoms with E-state index in [0.29, 0.717) is 32.7 Å². The molecular weight excluding hydrogens is 214 g/mol. The van der Waals surface area contributed by atoms with Gasteiger partial charge in [-0.15, -0.1) is 0 Å². The summed E-state index contributed by atoms with van der Waals surface area (Å²) in [6.07, 6.45) is 0.164. The Morgan fingerprint density at radius 1 is 1.50 bits per heavy atom. The summed E-state index contributed by atoms with van der Waals surface area (Å²) in [4.78, 5) is 16.3. The number of carbonyl (C=O) groups is 1. The van der Waals surface area contributed by atoms with Gasteiger partial charge in [-0.25, -0.2) is 4.79 Å². The summed E-state index contributed by atoms with van der Waals surface area (Å²) in [6, 6.07) is 0. The van der Waals surface area contributed by atoms with Crippen molar-refractivity contribution >= 4 is 11.7 Å². The number of nitrogens with zero attached hydrogens (tertiary/aromatic N) is 1. The molecule has 0 amide bonds. The fourth-order valence-electron chi connectivity index (χ4n) is 1.63. The first-order valence-corrected chi connectivity index (χ1v) is 5.41. The van der Waals surface area contributed by atoms with Crippen LogP contribution >= 0.6 is 0 Å². The fraction of sp³-hybridized carbons (Fsp3) is 0.800.